The van der Waals surface area contributed by atoms with Crippen LogP contribution in [0.5, 0.6) is 5.75 Å². The van der Waals surface area contributed by atoms with Gasteiger partial charge in [-0.1, -0.05) is 24.3 Å². The summed E-state index contributed by atoms with van der Waals surface area (Å²) in [5, 5.41) is 15.3. The van der Waals surface area contributed by atoms with Gasteiger partial charge in [0.15, 0.2) is 0 Å². The van der Waals surface area contributed by atoms with Crippen LogP contribution in [0.15, 0.2) is 48.5 Å². The monoisotopic (exact) mass is 454 g/mol. The Kier molecular flexibility index (Phi) is 7.26. The van der Waals surface area contributed by atoms with Crippen molar-refractivity contribution in [2.24, 2.45) is 5.92 Å². The van der Waals surface area contributed by atoms with Gasteiger partial charge < -0.3 is 25.2 Å². The summed E-state index contributed by atoms with van der Waals surface area (Å²) in [6.07, 6.45) is 1.21. The molecule has 2 unspecified atom stereocenters. The number of phenols is 1. The molecule has 0 spiro atoms. The molecule has 1 fully saturated rings. The van der Waals surface area contributed by atoms with Crippen LogP contribution in [0.25, 0.3) is 0 Å². The lowest BCUT2D eigenvalue weighted by Gasteiger charge is -2.26. The minimum Gasteiger partial charge on any atom is -0.508 e. The van der Waals surface area contributed by atoms with Crippen molar-refractivity contribution in [2.45, 2.75) is 51.3 Å². The molecule has 0 bridgehead atoms. The fraction of sp³-hybridized carbons (Fsp3) is 0.400. The number of rotatable bonds is 7. The largest absolute Gasteiger partial charge is 0.508 e. The van der Waals surface area contributed by atoms with Crippen LogP contribution in [0, 0.1) is 5.92 Å². The van der Waals surface area contributed by atoms with Gasteiger partial charge in [-0.15, -0.1) is 0 Å². The summed E-state index contributed by atoms with van der Waals surface area (Å²) in [5.41, 5.74) is 1.07. The molecule has 3 rings (SSSR count). The molecule has 2 amide bonds. The molecule has 3 N–H and O–H groups in total. The first-order valence-electron chi connectivity index (χ1n) is 10.8. The average molecular weight is 455 g/mol. The Hall–Kier alpha value is -3.55. The highest BCUT2D eigenvalue weighted by atomic mass is 16.6. The van der Waals surface area contributed by atoms with Crippen LogP contribution in [-0.4, -0.2) is 35.8 Å². The van der Waals surface area contributed by atoms with Crippen LogP contribution >= 0.6 is 0 Å². The van der Waals surface area contributed by atoms with Gasteiger partial charge in [-0.3, -0.25) is 4.79 Å². The normalized spacial score (nSPS) is 15.2. The number of nitrogens with one attached hydrogen (secondary N) is 2. The molecule has 1 saturated carbocycles. The van der Waals surface area contributed by atoms with Gasteiger partial charge in [0.2, 0.25) is 5.91 Å². The number of amides is 2. The van der Waals surface area contributed by atoms with Crippen molar-refractivity contribution in [3.8, 4) is 5.75 Å². The molecule has 2 aromatic rings. The molecular formula is C25H30N2O6. The summed E-state index contributed by atoms with van der Waals surface area (Å²) in [5.74, 6) is -0.514. The van der Waals surface area contributed by atoms with Gasteiger partial charge >= 0.3 is 12.1 Å². The molecule has 0 aliphatic heterocycles. The van der Waals surface area contributed by atoms with Crippen LogP contribution in [0.3, 0.4) is 0 Å². The van der Waals surface area contributed by atoms with Crippen molar-refractivity contribution in [2.75, 3.05) is 7.11 Å². The minimum atomic E-state index is -1.02. The van der Waals surface area contributed by atoms with Crippen LogP contribution in [0.1, 0.15) is 67.2 Å². The molecule has 176 valence electrons. The first-order chi connectivity index (χ1) is 15.6. The van der Waals surface area contributed by atoms with Crippen molar-refractivity contribution < 1.29 is 29.0 Å². The zero-order chi connectivity index (χ0) is 24.2. The smallest absolute Gasteiger partial charge is 0.408 e. The minimum absolute atomic E-state index is 0.0525. The summed E-state index contributed by atoms with van der Waals surface area (Å²) in [6.45, 7) is 5.22. The second-order valence-electron chi connectivity index (χ2n) is 9.11. The standard InChI is InChI=1S/C25H30N2O6/c1-25(2,3)33-24(31)27-21(17-11-13-19(28)14-12-17)22(29)26-20(15-5-6-15)16-7-9-18(10-8-16)23(30)32-4/h7-15,20-21,28H,5-6H2,1-4H3,(H,26,29)(H,27,31). The maximum atomic E-state index is 13.3. The third kappa shape index (κ3) is 6.71. The molecule has 0 aromatic heterocycles. The Labute approximate surface area is 193 Å². The van der Waals surface area contributed by atoms with Gasteiger partial charge in [0, 0.05) is 0 Å². The van der Waals surface area contributed by atoms with E-state index in [2.05, 4.69) is 10.6 Å². The Balaban J connectivity index is 1.82. The molecule has 0 heterocycles. The lowest BCUT2D eigenvalue weighted by atomic mass is 9.99. The lowest BCUT2D eigenvalue weighted by Crippen LogP contribution is -2.43. The highest BCUT2D eigenvalue weighted by Gasteiger charge is 2.36. The SMILES string of the molecule is COC(=O)c1ccc(C(NC(=O)C(NC(=O)OC(C)(C)C)c2ccc(O)cc2)C2CC2)cc1. The van der Waals surface area contributed by atoms with Crippen molar-refractivity contribution >= 4 is 18.0 Å². The van der Waals surface area contributed by atoms with Crippen molar-refractivity contribution in [1.29, 1.82) is 0 Å². The number of carbonyl (C=O) groups excluding carboxylic acids is 3. The van der Waals surface area contributed by atoms with Crippen LogP contribution < -0.4 is 10.6 Å². The molecular weight excluding hydrogens is 424 g/mol. The van der Waals surface area contributed by atoms with Crippen molar-refractivity contribution in [1.82, 2.24) is 10.6 Å². The van der Waals surface area contributed by atoms with Gasteiger partial charge in [-0.25, -0.2) is 9.59 Å². The zero-order valence-electron chi connectivity index (χ0n) is 19.3. The molecule has 8 heteroatoms. The first kappa shape index (κ1) is 24.1. The number of methoxy groups -OCH3 is 1. The number of ether oxygens (including phenoxy) is 2. The van der Waals surface area contributed by atoms with E-state index >= 15 is 0 Å². The van der Waals surface area contributed by atoms with E-state index in [1.165, 1.54) is 19.2 Å². The quantitative estimate of drug-likeness (QED) is 0.545. The third-order valence-electron chi connectivity index (χ3n) is 5.23. The molecule has 1 aliphatic rings. The van der Waals surface area contributed by atoms with Crippen LogP contribution in [0.4, 0.5) is 4.79 Å². The summed E-state index contributed by atoms with van der Waals surface area (Å²) in [7, 11) is 1.32. The predicted octanol–water partition coefficient (Wildman–Crippen LogP) is 4.01. The Morgan fingerprint density at radius 3 is 2.03 bits per heavy atom. The molecule has 2 aromatic carbocycles. The third-order valence-corrected chi connectivity index (χ3v) is 5.23. The van der Waals surface area contributed by atoms with Gasteiger partial charge in [-0.2, -0.15) is 0 Å². The Morgan fingerprint density at radius 1 is 0.939 bits per heavy atom. The summed E-state index contributed by atoms with van der Waals surface area (Å²) < 4.78 is 10.1. The summed E-state index contributed by atoms with van der Waals surface area (Å²) in [6, 6.07) is 11.7. The second-order valence-corrected chi connectivity index (χ2v) is 9.11. The summed E-state index contributed by atoms with van der Waals surface area (Å²) >= 11 is 0. The number of phenolic OH excluding ortho intramolecular Hbond substituents is 1. The van der Waals surface area contributed by atoms with Crippen molar-refractivity contribution in [3.05, 3.63) is 65.2 Å². The van der Waals surface area contributed by atoms with E-state index in [1.54, 1.807) is 57.2 Å². The molecule has 0 radical (unpaired) electrons. The molecule has 0 saturated heterocycles. The van der Waals surface area contributed by atoms with Crippen molar-refractivity contribution in [3.63, 3.8) is 0 Å². The number of benzene rings is 2. The van der Waals surface area contributed by atoms with Crippen LogP contribution in [0.2, 0.25) is 0 Å². The molecule has 8 nitrogen and oxygen atoms in total. The Bertz CT molecular complexity index is 991. The molecule has 2 atom stereocenters. The number of hydrogen-bond acceptors (Lipinski definition) is 6. The molecule has 1 aliphatic carbocycles. The maximum Gasteiger partial charge on any atom is 0.408 e. The molecule has 33 heavy (non-hydrogen) atoms. The van der Waals surface area contributed by atoms with E-state index in [-0.39, 0.29) is 17.7 Å². The number of esters is 1. The van der Waals surface area contributed by atoms with E-state index < -0.39 is 29.6 Å². The Morgan fingerprint density at radius 2 is 1.52 bits per heavy atom. The summed E-state index contributed by atoms with van der Waals surface area (Å²) in [4.78, 5) is 37.5. The fourth-order valence-electron chi connectivity index (χ4n) is 3.48. The van der Waals surface area contributed by atoms with Gasteiger partial charge in [0.1, 0.15) is 17.4 Å². The fourth-order valence-corrected chi connectivity index (χ4v) is 3.48. The zero-order valence-corrected chi connectivity index (χ0v) is 19.3. The first-order valence-corrected chi connectivity index (χ1v) is 10.8. The van der Waals surface area contributed by atoms with E-state index in [4.69, 9.17) is 9.47 Å². The van der Waals surface area contributed by atoms with Crippen LogP contribution in [-0.2, 0) is 14.3 Å². The van der Waals surface area contributed by atoms with Gasteiger partial charge in [0.05, 0.1) is 18.7 Å². The van der Waals surface area contributed by atoms with E-state index in [9.17, 15) is 19.5 Å². The van der Waals surface area contributed by atoms with E-state index in [0.29, 0.717) is 11.1 Å². The predicted molar refractivity (Wildman–Crippen MR) is 122 cm³/mol. The number of hydrogen-bond donors (Lipinski definition) is 3. The van der Waals surface area contributed by atoms with E-state index in [0.717, 1.165) is 18.4 Å². The highest BCUT2D eigenvalue weighted by Crippen LogP contribution is 2.41. The van der Waals surface area contributed by atoms with E-state index in [1.807, 2.05) is 0 Å². The average Bonchev–Trinajstić information content (AvgIpc) is 3.60. The number of carbonyl (C=O) groups is 3. The topological polar surface area (TPSA) is 114 Å². The highest BCUT2D eigenvalue weighted by molar-refractivity contribution is 5.89. The maximum absolute atomic E-state index is 13.3. The number of alkyl carbamates (subject to hydrolysis) is 1. The van der Waals surface area contributed by atoms with Gasteiger partial charge in [-0.05, 0) is 74.9 Å². The lowest BCUT2D eigenvalue weighted by molar-refractivity contribution is -0.124. The number of aromatic hydroxyl groups is 1. The van der Waals surface area contributed by atoms with Gasteiger partial charge in [0.25, 0.3) is 0 Å². The second kappa shape index (κ2) is 9.94.